The van der Waals surface area contributed by atoms with E-state index >= 15 is 0 Å². The lowest BCUT2D eigenvalue weighted by Gasteiger charge is -2.39. The van der Waals surface area contributed by atoms with Crippen molar-refractivity contribution in [2.75, 3.05) is 13.2 Å². The monoisotopic (exact) mass is 287 g/mol. The summed E-state index contributed by atoms with van der Waals surface area (Å²) >= 11 is 0. The largest absolute Gasteiger partial charge is 0.481 e. The third kappa shape index (κ3) is 5.36. The molecule has 1 saturated heterocycles. The molecule has 1 atom stereocenters. The lowest BCUT2D eigenvalue weighted by atomic mass is 9.78. The van der Waals surface area contributed by atoms with E-state index in [1.54, 1.807) is 27.7 Å². The molecular formula is C14H25NO5. The van der Waals surface area contributed by atoms with Gasteiger partial charge in [0.2, 0.25) is 0 Å². The van der Waals surface area contributed by atoms with Gasteiger partial charge in [0, 0.05) is 13.2 Å². The molecule has 116 valence electrons. The highest BCUT2D eigenvalue weighted by Crippen LogP contribution is 2.30. The maximum absolute atomic E-state index is 11.9. The van der Waals surface area contributed by atoms with Crippen molar-refractivity contribution in [2.24, 2.45) is 5.92 Å². The minimum Gasteiger partial charge on any atom is -0.481 e. The zero-order chi connectivity index (χ0) is 15.4. The minimum atomic E-state index is -0.935. The van der Waals surface area contributed by atoms with Gasteiger partial charge >= 0.3 is 12.1 Å². The smallest absolute Gasteiger partial charge is 0.408 e. The molecule has 1 fully saturated rings. The zero-order valence-electron chi connectivity index (χ0n) is 12.7. The molecule has 1 amide bonds. The van der Waals surface area contributed by atoms with E-state index in [0.717, 1.165) is 12.8 Å². The number of carbonyl (C=O) groups is 2. The van der Waals surface area contributed by atoms with Crippen molar-refractivity contribution < 1.29 is 24.2 Å². The quantitative estimate of drug-likeness (QED) is 0.827. The topological polar surface area (TPSA) is 84.9 Å². The number of carboxylic acids is 1. The Kier molecular flexibility index (Phi) is 5.39. The van der Waals surface area contributed by atoms with Crippen LogP contribution in [0.25, 0.3) is 0 Å². The average Bonchev–Trinajstić information content (AvgIpc) is 2.26. The summed E-state index contributed by atoms with van der Waals surface area (Å²) in [4.78, 5) is 23.0. The van der Waals surface area contributed by atoms with Gasteiger partial charge in [0.25, 0.3) is 0 Å². The second kappa shape index (κ2) is 6.43. The molecule has 0 bridgehead atoms. The summed E-state index contributed by atoms with van der Waals surface area (Å²) in [5, 5.41) is 11.9. The van der Waals surface area contributed by atoms with Crippen LogP contribution in [0, 0.1) is 5.92 Å². The fraction of sp³-hybridized carbons (Fsp3) is 0.857. The van der Waals surface area contributed by atoms with Crippen molar-refractivity contribution >= 4 is 12.1 Å². The van der Waals surface area contributed by atoms with Crippen LogP contribution in [0.3, 0.4) is 0 Å². The van der Waals surface area contributed by atoms with Gasteiger partial charge in [-0.05, 0) is 46.5 Å². The van der Waals surface area contributed by atoms with Crippen molar-refractivity contribution in [3.63, 3.8) is 0 Å². The highest BCUT2D eigenvalue weighted by Gasteiger charge is 2.39. The van der Waals surface area contributed by atoms with Crippen LogP contribution < -0.4 is 5.32 Å². The Morgan fingerprint density at radius 3 is 2.25 bits per heavy atom. The number of aliphatic carboxylic acids is 1. The minimum absolute atomic E-state index is 0.0693. The highest BCUT2D eigenvalue weighted by molar-refractivity contribution is 5.73. The number of amides is 1. The Labute approximate surface area is 119 Å². The number of rotatable bonds is 4. The first-order valence-electron chi connectivity index (χ1n) is 6.93. The maximum Gasteiger partial charge on any atom is 0.408 e. The summed E-state index contributed by atoms with van der Waals surface area (Å²) in [5.41, 5.74) is -1.43. The molecule has 0 aromatic carbocycles. The highest BCUT2D eigenvalue weighted by atomic mass is 16.6. The third-order valence-corrected chi connectivity index (χ3v) is 3.43. The number of carbonyl (C=O) groups excluding carboxylic acids is 1. The van der Waals surface area contributed by atoms with Crippen LogP contribution in [0.4, 0.5) is 4.79 Å². The Morgan fingerprint density at radius 1 is 1.25 bits per heavy atom. The van der Waals surface area contributed by atoms with Crippen LogP contribution in [0.15, 0.2) is 0 Å². The first-order valence-corrected chi connectivity index (χ1v) is 6.93. The summed E-state index contributed by atoms with van der Waals surface area (Å²) in [7, 11) is 0. The van der Waals surface area contributed by atoms with Crippen LogP contribution in [0.1, 0.15) is 47.0 Å². The molecule has 0 spiro atoms. The van der Waals surface area contributed by atoms with E-state index in [2.05, 4.69) is 5.32 Å². The van der Waals surface area contributed by atoms with Gasteiger partial charge in [0.1, 0.15) is 5.60 Å². The van der Waals surface area contributed by atoms with E-state index in [0.29, 0.717) is 13.2 Å². The number of ether oxygens (including phenoxy) is 2. The fourth-order valence-electron chi connectivity index (χ4n) is 2.48. The number of alkyl carbamates (subject to hydrolysis) is 1. The first-order chi connectivity index (χ1) is 9.12. The van der Waals surface area contributed by atoms with E-state index in [4.69, 9.17) is 14.6 Å². The lowest BCUT2D eigenvalue weighted by molar-refractivity contribution is -0.139. The second-order valence-electron chi connectivity index (χ2n) is 6.50. The van der Waals surface area contributed by atoms with E-state index in [1.165, 1.54) is 0 Å². The standard InChI is InChI=1S/C14H25NO5/c1-13(2,3)20-12(18)15-14(4,9-11(16)17)10-5-7-19-8-6-10/h10H,5-9H2,1-4H3,(H,15,18)(H,16,17). The summed E-state index contributed by atoms with van der Waals surface area (Å²) in [5.74, 6) is -0.866. The molecule has 0 radical (unpaired) electrons. The van der Waals surface area contributed by atoms with E-state index in [9.17, 15) is 9.59 Å². The SMILES string of the molecule is CC(C)(C)OC(=O)NC(C)(CC(=O)O)C1CCOCC1. The van der Waals surface area contributed by atoms with Gasteiger partial charge in [-0.2, -0.15) is 0 Å². The van der Waals surface area contributed by atoms with Crippen molar-refractivity contribution in [3.8, 4) is 0 Å². The summed E-state index contributed by atoms with van der Waals surface area (Å²) < 4.78 is 10.5. The third-order valence-electron chi connectivity index (χ3n) is 3.43. The van der Waals surface area contributed by atoms with Crippen LogP contribution in [0.5, 0.6) is 0 Å². The van der Waals surface area contributed by atoms with Crippen molar-refractivity contribution in [1.82, 2.24) is 5.32 Å². The summed E-state index contributed by atoms with van der Waals surface area (Å²) in [6, 6.07) is 0. The van der Waals surface area contributed by atoms with Gasteiger partial charge < -0.3 is 19.9 Å². The summed E-state index contributed by atoms with van der Waals surface area (Å²) in [6.07, 6.45) is 0.767. The van der Waals surface area contributed by atoms with E-state index in [-0.39, 0.29) is 12.3 Å². The lowest BCUT2D eigenvalue weighted by Crippen LogP contribution is -2.55. The van der Waals surface area contributed by atoms with E-state index < -0.39 is 23.2 Å². The van der Waals surface area contributed by atoms with Crippen LogP contribution in [0.2, 0.25) is 0 Å². The van der Waals surface area contributed by atoms with Crippen LogP contribution in [-0.2, 0) is 14.3 Å². The summed E-state index contributed by atoms with van der Waals surface area (Å²) in [6.45, 7) is 8.27. The van der Waals surface area contributed by atoms with Gasteiger partial charge in [-0.25, -0.2) is 4.79 Å². The fourth-order valence-corrected chi connectivity index (χ4v) is 2.48. The molecule has 20 heavy (non-hydrogen) atoms. The molecule has 6 nitrogen and oxygen atoms in total. The average molecular weight is 287 g/mol. The van der Waals surface area contributed by atoms with Gasteiger partial charge in [-0.3, -0.25) is 4.79 Å². The van der Waals surface area contributed by atoms with Crippen molar-refractivity contribution in [2.45, 2.75) is 58.1 Å². The predicted molar refractivity (Wildman–Crippen MR) is 73.6 cm³/mol. The van der Waals surface area contributed by atoms with Gasteiger partial charge in [-0.1, -0.05) is 0 Å². The molecular weight excluding hydrogens is 262 g/mol. The molecule has 6 heteroatoms. The molecule has 1 aliphatic heterocycles. The number of hydrogen-bond acceptors (Lipinski definition) is 4. The Morgan fingerprint density at radius 2 is 1.80 bits per heavy atom. The molecule has 0 aromatic rings. The Bertz CT molecular complexity index is 357. The molecule has 2 N–H and O–H groups in total. The Hall–Kier alpha value is -1.30. The molecule has 1 rings (SSSR count). The molecule has 0 aliphatic carbocycles. The number of carboxylic acid groups (broad SMARTS) is 1. The van der Waals surface area contributed by atoms with Gasteiger partial charge in [0.15, 0.2) is 0 Å². The normalized spacial score (nSPS) is 20.0. The number of hydrogen-bond donors (Lipinski definition) is 2. The molecule has 0 saturated carbocycles. The zero-order valence-corrected chi connectivity index (χ0v) is 12.7. The first kappa shape index (κ1) is 16.8. The molecule has 0 aromatic heterocycles. The molecule has 1 aliphatic rings. The van der Waals surface area contributed by atoms with Gasteiger partial charge in [-0.15, -0.1) is 0 Å². The van der Waals surface area contributed by atoms with E-state index in [1.807, 2.05) is 0 Å². The van der Waals surface area contributed by atoms with Gasteiger partial charge in [0.05, 0.1) is 12.0 Å². The van der Waals surface area contributed by atoms with Crippen molar-refractivity contribution in [1.29, 1.82) is 0 Å². The molecule has 1 unspecified atom stereocenters. The number of nitrogens with one attached hydrogen (secondary N) is 1. The van der Waals surface area contributed by atoms with Crippen LogP contribution >= 0.6 is 0 Å². The maximum atomic E-state index is 11.9. The van der Waals surface area contributed by atoms with Crippen LogP contribution in [-0.4, -0.2) is 41.5 Å². The van der Waals surface area contributed by atoms with Crippen molar-refractivity contribution in [3.05, 3.63) is 0 Å². The Balaban J connectivity index is 2.76. The molecule has 1 heterocycles. The predicted octanol–water partition coefficient (Wildman–Crippen LogP) is 2.17. The second-order valence-corrected chi connectivity index (χ2v) is 6.50.